The molecule has 0 N–H and O–H groups in total. The summed E-state index contributed by atoms with van der Waals surface area (Å²) in [5.41, 5.74) is 5.83. The second kappa shape index (κ2) is 23.3. The van der Waals surface area contributed by atoms with E-state index in [0.717, 1.165) is 101 Å². The molecule has 0 aliphatic carbocycles. The fraction of sp³-hybridized carbons (Fsp3) is 0.524. The zero-order valence-electron chi connectivity index (χ0n) is 48.3. The lowest BCUT2D eigenvalue weighted by Gasteiger charge is -2.43. The van der Waals surface area contributed by atoms with Crippen molar-refractivity contribution in [3.05, 3.63) is 144 Å². The summed E-state index contributed by atoms with van der Waals surface area (Å²) in [5.74, 6) is 0.826. The van der Waals surface area contributed by atoms with Gasteiger partial charge >= 0.3 is 17.7 Å². The van der Waals surface area contributed by atoms with Crippen molar-refractivity contribution in [1.82, 2.24) is 24.4 Å². The molecule has 2 saturated heterocycles. The second-order valence-corrected chi connectivity index (χ2v) is 24.7. The Morgan fingerprint density at radius 2 is 1.28 bits per heavy atom. The summed E-state index contributed by atoms with van der Waals surface area (Å²) in [5, 5.41) is 10.4. The number of nitrogens with zero attached hydrogens (tertiary/aromatic N) is 8. The van der Waals surface area contributed by atoms with Crippen LogP contribution in [0.3, 0.4) is 0 Å². The molecule has 0 atom stereocenters. The lowest BCUT2D eigenvalue weighted by atomic mass is 9.84. The number of hydrogen-bond acceptors (Lipinski definition) is 12. The first-order valence-corrected chi connectivity index (χ1v) is 29.6. The molecule has 19 heteroatoms. The van der Waals surface area contributed by atoms with Gasteiger partial charge in [-0.25, -0.2) is 27.9 Å². The third-order valence-electron chi connectivity index (χ3n) is 18.4. The summed E-state index contributed by atoms with van der Waals surface area (Å²) in [6, 6.07) is 17.0. The maximum atomic E-state index is 14.8. The van der Waals surface area contributed by atoms with E-state index in [-0.39, 0.29) is 66.5 Å². The van der Waals surface area contributed by atoms with E-state index in [1.54, 1.807) is 12.1 Å². The molecule has 4 aliphatic rings. The third-order valence-corrected chi connectivity index (χ3v) is 18.4. The number of hydrogen-bond donors (Lipinski definition) is 0. The number of aromatic nitrogens is 6. The number of halogens is 2. The first-order valence-electron chi connectivity index (χ1n) is 29.6. The van der Waals surface area contributed by atoms with Crippen LogP contribution in [0.1, 0.15) is 142 Å². The Labute approximate surface area is 475 Å². The van der Waals surface area contributed by atoms with Crippen molar-refractivity contribution in [2.75, 3.05) is 59.3 Å². The molecule has 0 amide bonds. The van der Waals surface area contributed by atoms with Gasteiger partial charge in [0.05, 0.1) is 81.2 Å². The zero-order chi connectivity index (χ0) is 57.5. The van der Waals surface area contributed by atoms with E-state index in [1.165, 1.54) is 24.3 Å². The fourth-order valence-corrected chi connectivity index (χ4v) is 13.3. The molecule has 7 aromatic rings. The Balaban J connectivity index is 0.842. The normalized spacial score (nSPS) is 21.1. The zero-order valence-corrected chi connectivity index (χ0v) is 48.3. The van der Waals surface area contributed by atoms with Crippen molar-refractivity contribution in [3.8, 4) is 5.69 Å². The molecule has 0 bridgehead atoms. The summed E-state index contributed by atoms with van der Waals surface area (Å²) >= 11 is 0. The summed E-state index contributed by atoms with van der Waals surface area (Å²) in [6.07, 6.45) is 8.25. The minimum atomic E-state index is -1.10. The van der Waals surface area contributed by atoms with Gasteiger partial charge in [-0.2, -0.15) is 4.57 Å². The number of esters is 1. The van der Waals surface area contributed by atoms with Gasteiger partial charge in [-0.3, -0.25) is 23.1 Å². The molecule has 17 nitrogen and oxygen atoms in total. The molecule has 4 aromatic heterocycles. The van der Waals surface area contributed by atoms with Gasteiger partial charge in [0.1, 0.15) is 28.8 Å². The van der Waals surface area contributed by atoms with E-state index in [0.29, 0.717) is 116 Å². The van der Waals surface area contributed by atoms with Crippen LogP contribution in [0.4, 0.5) is 13.6 Å². The first kappa shape index (κ1) is 56.7. The number of aryl methyl sites for hydroxylation is 2. The lowest BCUT2D eigenvalue weighted by Crippen LogP contribution is -2.56. The van der Waals surface area contributed by atoms with Crippen molar-refractivity contribution in [2.45, 2.75) is 149 Å². The van der Waals surface area contributed by atoms with Gasteiger partial charge in [0.25, 0.3) is 11.4 Å². The van der Waals surface area contributed by atoms with E-state index in [1.807, 2.05) is 74.9 Å². The maximum Gasteiger partial charge on any atom is 0.512 e. The lowest BCUT2D eigenvalue weighted by molar-refractivity contribution is -0.948. The SMILES string of the molecule is Cc1nc2n(c(=O)c1CC[N+]1(COC(=O)C(C)(C)c3cccc(-[n+]4c(C)c(CC[N+]5(COC(=O)OCC(C)C)CCC(c6noc7cc(F)ccc67)CC5)c(=O)n5c4CCCC5)c3)CCC(c3noc4cc(F)ccc34)CC1)CCCC2. The molecule has 3 aromatic carbocycles. The van der Waals surface area contributed by atoms with Crippen LogP contribution in [0.25, 0.3) is 27.6 Å². The van der Waals surface area contributed by atoms with Crippen molar-refractivity contribution < 1.29 is 55.2 Å². The molecule has 0 spiro atoms. The minimum Gasteiger partial charge on any atom is -0.434 e. The van der Waals surface area contributed by atoms with E-state index >= 15 is 0 Å². The van der Waals surface area contributed by atoms with Gasteiger partial charge in [0.15, 0.2) is 11.2 Å². The molecule has 82 heavy (non-hydrogen) atoms. The third kappa shape index (κ3) is 11.4. The highest BCUT2D eigenvalue weighted by Crippen LogP contribution is 2.38. The number of rotatable bonds is 17. The number of fused-ring (bicyclic) bond motifs is 4. The van der Waals surface area contributed by atoms with Gasteiger partial charge in [-0.1, -0.05) is 36.3 Å². The van der Waals surface area contributed by atoms with Crippen molar-refractivity contribution in [2.24, 2.45) is 5.92 Å². The average Bonchev–Trinajstić information content (AvgIpc) is 4.02. The highest BCUT2D eigenvalue weighted by atomic mass is 19.1. The molecule has 11 rings (SSSR count). The molecule has 8 heterocycles. The Kier molecular flexibility index (Phi) is 16.1. The number of quaternary nitrogens is 2. The average molecular weight is 1130 g/mol. The van der Waals surface area contributed by atoms with E-state index < -0.39 is 11.6 Å². The summed E-state index contributed by atoms with van der Waals surface area (Å²) in [6.45, 7) is 16.9. The van der Waals surface area contributed by atoms with Crippen LogP contribution in [0.15, 0.2) is 79.3 Å². The van der Waals surface area contributed by atoms with E-state index in [9.17, 15) is 28.0 Å². The Hall–Kier alpha value is -7.12. The Bertz CT molecular complexity index is 3660. The van der Waals surface area contributed by atoms with Gasteiger partial charge in [0.2, 0.25) is 13.5 Å². The van der Waals surface area contributed by atoms with E-state index in [2.05, 4.69) is 14.9 Å². The van der Waals surface area contributed by atoms with Crippen molar-refractivity contribution in [3.63, 3.8) is 0 Å². The van der Waals surface area contributed by atoms with Crippen LogP contribution in [-0.4, -0.2) is 105 Å². The Morgan fingerprint density at radius 1 is 0.720 bits per heavy atom. The van der Waals surface area contributed by atoms with Crippen LogP contribution in [0.2, 0.25) is 0 Å². The fourth-order valence-electron chi connectivity index (χ4n) is 13.3. The predicted molar refractivity (Wildman–Crippen MR) is 301 cm³/mol. The number of ether oxygens (including phenoxy) is 3. The monoisotopic (exact) mass is 1130 g/mol. The summed E-state index contributed by atoms with van der Waals surface area (Å²) < 4.78 is 64.0. The minimum absolute atomic E-state index is 0.0189. The van der Waals surface area contributed by atoms with Crippen molar-refractivity contribution >= 4 is 34.1 Å². The molecule has 4 aliphatic heterocycles. The van der Waals surface area contributed by atoms with Crippen LogP contribution in [0, 0.1) is 31.4 Å². The largest absolute Gasteiger partial charge is 0.512 e. The smallest absolute Gasteiger partial charge is 0.434 e. The quantitative estimate of drug-likeness (QED) is 0.0481. The number of carbonyl (C=O) groups is 2. The standard InChI is InChI=1S/C63H77F2N8O9/c1-40(2)37-78-62(77)80-39-73(30-22-44(23-31-73)58-52-19-17-47(65)36-54(52)82-68-58)33-25-50-42(4)71(56-15-8-10-27-70(56)60(50)75)48-13-11-12-45(34-48)63(5,6)61(76)79-38-72(32-24-49-41(3)66-55-14-7-9-26-69(55)59(49)74)28-20-43(21-29-72)57-51-18-16-46(64)35-53(51)81-67-57/h11-13,16-19,34-36,40,43-44H,7-10,14-15,20-33,37-39H2,1-6H3/q+3. The highest BCUT2D eigenvalue weighted by molar-refractivity contribution is 5.82. The number of benzene rings is 3. The molecule has 0 radical (unpaired) electrons. The van der Waals surface area contributed by atoms with Gasteiger partial charge in [0, 0.05) is 97.5 Å². The molecule has 0 unspecified atom stereocenters. The van der Waals surface area contributed by atoms with Crippen LogP contribution < -0.4 is 15.7 Å². The number of likely N-dealkylation sites (tertiary alicyclic amines) is 2. The number of piperidine rings is 2. The van der Waals surface area contributed by atoms with Crippen LogP contribution in [-0.2, 0) is 63.2 Å². The van der Waals surface area contributed by atoms with Gasteiger partial charge in [-0.05, 0) is 101 Å². The molecule has 434 valence electrons. The highest BCUT2D eigenvalue weighted by Gasteiger charge is 2.42. The molecule has 2 fully saturated rings. The van der Waals surface area contributed by atoms with Crippen molar-refractivity contribution in [1.29, 1.82) is 0 Å². The molecular formula is C63H77F2N8O9+3. The second-order valence-electron chi connectivity index (χ2n) is 24.7. The van der Waals surface area contributed by atoms with E-state index in [4.69, 9.17) is 28.2 Å². The number of carbonyl (C=O) groups excluding carboxylic acids is 2. The van der Waals surface area contributed by atoms with Crippen LogP contribution in [0.5, 0.6) is 0 Å². The predicted octanol–water partition coefficient (Wildman–Crippen LogP) is 9.65. The maximum absolute atomic E-state index is 14.8. The first-order chi connectivity index (χ1) is 39.4. The summed E-state index contributed by atoms with van der Waals surface area (Å²) in [7, 11) is 0. The van der Waals surface area contributed by atoms with Crippen LogP contribution >= 0.6 is 0 Å². The molecular weight excluding hydrogens is 1050 g/mol. The topological polar surface area (TPSA) is 175 Å². The van der Waals surface area contributed by atoms with Gasteiger partial charge < -0.3 is 23.3 Å². The Morgan fingerprint density at radius 3 is 1.89 bits per heavy atom. The summed E-state index contributed by atoms with van der Waals surface area (Å²) in [4.78, 5) is 61.4. The van der Waals surface area contributed by atoms with Gasteiger partial charge in [-0.15, -0.1) is 0 Å². The molecule has 0 saturated carbocycles.